The van der Waals surface area contributed by atoms with Crippen molar-refractivity contribution in [3.8, 4) is 0 Å². The first-order chi connectivity index (χ1) is 10.3. The number of halogens is 1. The predicted molar refractivity (Wildman–Crippen MR) is 80.5 cm³/mol. The van der Waals surface area contributed by atoms with Gasteiger partial charge in [-0.3, -0.25) is 4.79 Å². The highest BCUT2D eigenvalue weighted by Crippen LogP contribution is 2.38. The number of aldehydes is 1. The van der Waals surface area contributed by atoms with Crippen molar-refractivity contribution in [3.63, 3.8) is 0 Å². The average molecular weight is 277 g/mol. The summed E-state index contributed by atoms with van der Waals surface area (Å²) in [6.07, 6.45) is 2.79. The van der Waals surface area contributed by atoms with Gasteiger partial charge in [0.2, 0.25) is 0 Å². The maximum absolute atomic E-state index is 13.2. The summed E-state index contributed by atoms with van der Waals surface area (Å²) < 4.78 is 15.3. The van der Waals surface area contributed by atoms with Crippen molar-refractivity contribution in [2.24, 2.45) is 0 Å². The number of para-hydroxylation sites is 1. The van der Waals surface area contributed by atoms with Gasteiger partial charge in [-0.05, 0) is 35.9 Å². The third kappa shape index (κ3) is 1.74. The van der Waals surface area contributed by atoms with Crippen molar-refractivity contribution in [3.05, 3.63) is 77.2 Å². The maximum Gasteiger partial charge on any atom is 0.148 e. The molecule has 1 aliphatic rings. The summed E-state index contributed by atoms with van der Waals surface area (Å²) in [5.41, 5.74) is 3.69. The van der Waals surface area contributed by atoms with E-state index in [1.165, 1.54) is 12.1 Å². The first-order valence-electron chi connectivity index (χ1n) is 6.80. The van der Waals surface area contributed by atoms with Crippen LogP contribution in [0.4, 0.5) is 4.39 Å². The van der Waals surface area contributed by atoms with E-state index in [1.807, 2.05) is 24.3 Å². The molecule has 0 aliphatic carbocycles. The molecule has 1 aromatic heterocycles. The largest absolute Gasteiger partial charge is 0.329 e. The third-order valence-corrected chi connectivity index (χ3v) is 3.99. The molecule has 0 saturated heterocycles. The molecule has 3 aromatic rings. The van der Waals surface area contributed by atoms with Crippen molar-refractivity contribution in [1.29, 1.82) is 0 Å². The van der Waals surface area contributed by atoms with Gasteiger partial charge in [-0.1, -0.05) is 30.3 Å². The van der Waals surface area contributed by atoms with Crippen LogP contribution in [0.15, 0.2) is 60.2 Å². The molecule has 0 unspecified atom stereocenters. The van der Waals surface area contributed by atoms with E-state index in [0.717, 1.165) is 28.4 Å². The Kier molecular flexibility index (Phi) is 2.54. The molecule has 2 nitrogen and oxygen atoms in total. The lowest BCUT2D eigenvalue weighted by Crippen LogP contribution is -2.10. The van der Waals surface area contributed by atoms with E-state index >= 15 is 0 Å². The van der Waals surface area contributed by atoms with Gasteiger partial charge in [0.05, 0.1) is 6.04 Å². The molecule has 1 aliphatic heterocycles. The van der Waals surface area contributed by atoms with Crippen molar-refractivity contribution in [2.45, 2.75) is 6.04 Å². The number of carbonyl (C=O) groups is 1. The van der Waals surface area contributed by atoms with Gasteiger partial charge in [0.15, 0.2) is 0 Å². The lowest BCUT2D eigenvalue weighted by Gasteiger charge is -2.17. The number of allylic oxidation sites excluding steroid dienone is 1. The molecule has 102 valence electrons. The van der Waals surface area contributed by atoms with Crippen molar-refractivity contribution < 1.29 is 9.18 Å². The number of hydrogen-bond acceptors (Lipinski definition) is 1. The van der Waals surface area contributed by atoms with E-state index in [4.69, 9.17) is 0 Å². The van der Waals surface area contributed by atoms with E-state index < -0.39 is 0 Å². The Morgan fingerprint density at radius 2 is 1.81 bits per heavy atom. The van der Waals surface area contributed by atoms with Crippen LogP contribution in [0.1, 0.15) is 17.3 Å². The Morgan fingerprint density at radius 3 is 2.57 bits per heavy atom. The summed E-state index contributed by atoms with van der Waals surface area (Å²) in [6, 6.07) is 16.3. The molecule has 1 atom stereocenters. The zero-order chi connectivity index (χ0) is 14.4. The molecule has 2 heterocycles. The number of hydrogen-bond donors (Lipinski definition) is 0. The molecule has 21 heavy (non-hydrogen) atoms. The van der Waals surface area contributed by atoms with Gasteiger partial charge in [-0.25, -0.2) is 4.39 Å². The Labute approximate surface area is 121 Å². The van der Waals surface area contributed by atoms with Crippen molar-refractivity contribution >= 4 is 23.3 Å². The Hall–Kier alpha value is -2.68. The molecule has 0 amide bonds. The van der Waals surface area contributed by atoms with Crippen LogP contribution in [0, 0.1) is 5.82 Å². The van der Waals surface area contributed by atoms with Gasteiger partial charge < -0.3 is 4.57 Å². The number of fused-ring (bicyclic) bond motifs is 3. The topological polar surface area (TPSA) is 22.0 Å². The summed E-state index contributed by atoms with van der Waals surface area (Å²) >= 11 is 0. The van der Waals surface area contributed by atoms with Gasteiger partial charge in [-0.2, -0.15) is 0 Å². The molecule has 3 heteroatoms. The van der Waals surface area contributed by atoms with E-state index in [9.17, 15) is 9.18 Å². The Balaban J connectivity index is 1.97. The van der Waals surface area contributed by atoms with E-state index in [0.29, 0.717) is 5.57 Å². The highest BCUT2D eigenvalue weighted by molar-refractivity contribution is 5.92. The zero-order valence-electron chi connectivity index (χ0n) is 11.2. The van der Waals surface area contributed by atoms with Crippen LogP contribution >= 0.6 is 0 Å². The minimum atomic E-state index is -0.272. The van der Waals surface area contributed by atoms with Gasteiger partial charge in [-0.15, -0.1) is 0 Å². The van der Waals surface area contributed by atoms with Crippen LogP contribution in [-0.2, 0) is 4.79 Å². The molecule has 0 N–H and O–H groups in total. The lowest BCUT2D eigenvalue weighted by molar-refractivity contribution is -0.105. The lowest BCUT2D eigenvalue weighted by atomic mass is 10.0. The van der Waals surface area contributed by atoms with Gasteiger partial charge in [0, 0.05) is 22.2 Å². The molecule has 4 rings (SSSR count). The smallest absolute Gasteiger partial charge is 0.148 e. The maximum atomic E-state index is 13.2. The average Bonchev–Trinajstić information content (AvgIpc) is 3.03. The van der Waals surface area contributed by atoms with Gasteiger partial charge in [0.25, 0.3) is 0 Å². The summed E-state index contributed by atoms with van der Waals surface area (Å²) in [6.45, 7) is 0. The number of carbonyl (C=O) groups excluding carboxylic acids is 1. The van der Waals surface area contributed by atoms with Crippen LogP contribution in [0.5, 0.6) is 0 Å². The fraction of sp³-hybridized carbons (Fsp3) is 0.0556. The van der Waals surface area contributed by atoms with Crippen LogP contribution in [0.3, 0.4) is 0 Å². The second-order valence-corrected chi connectivity index (χ2v) is 5.21. The van der Waals surface area contributed by atoms with E-state index in [-0.39, 0.29) is 11.9 Å². The summed E-state index contributed by atoms with van der Waals surface area (Å²) in [7, 11) is 0. The summed E-state index contributed by atoms with van der Waals surface area (Å²) in [4.78, 5) is 11.4. The number of nitrogens with zero attached hydrogens (tertiary/aromatic N) is 1. The number of aromatic nitrogens is 1. The van der Waals surface area contributed by atoms with Crippen LogP contribution in [0.25, 0.3) is 17.0 Å². The molecule has 0 radical (unpaired) electrons. The first kappa shape index (κ1) is 12.1. The number of rotatable bonds is 2. The fourth-order valence-electron chi connectivity index (χ4n) is 3.08. The third-order valence-electron chi connectivity index (χ3n) is 3.99. The minimum absolute atomic E-state index is 0.182. The normalized spacial score (nSPS) is 16.8. The standard InChI is InChI=1S/C18H12FNO/c19-15-7-5-12(6-8-15)18-14(11-21)10-16-9-13-3-1-2-4-17(13)20(16)18/h1-11,18H/t18-/m1/s1. The summed E-state index contributed by atoms with van der Waals surface area (Å²) in [5, 5.41) is 1.14. The summed E-state index contributed by atoms with van der Waals surface area (Å²) in [5.74, 6) is -0.272. The molecule has 2 aromatic carbocycles. The second-order valence-electron chi connectivity index (χ2n) is 5.21. The SMILES string of the molecule is O=CC1=Cc2cc3ccccc3n2[C@@H]1c1ccc(F)cc1. The number of benzene rings is 2. The predicted octanol–water partition coefficient (Wildman–Crippen LogP) is 3.97. The molecule has 0 bridgehead atoms. The molecule has 0 spiro atoms. The monoisotopic (exact) mass is 277 g/mol. The van der Waals surface area contributed by atoms with E-state index in [2.05, 4.69) is 16.7 Å². The quantitative estimate of drug-likeness (QED) is 0.650. The van der Waals surface area contributed by atoms with Crippen LogP contribution < -0.4 is 0 Å². The molecule has 0 fully saturated rings. The van der Waals surface area contributed by atoms with Crippen molar-refractivity contribution in [1.82, 2.24) is 4.57 Å². The fourth-order valence-corrected chi connectivity index (χ4v) is 3.08. The Morgan fingerprint density at radius 1 is 1.05 bits per heavy atom. The molecular formula is C18H12FNO. The first-order valence-corrected chi connectivity index (χ1v) is 6.80. The minimum Gasteiger partial charge on any atom is -0.329 e. The van der Waals surface area contributed by atoms with E-state index in [1.54, 1.807) is 12.1 Å². The van der Waals surface area contributed by atoms with Gasteiger partial charge >= 0.3 is 0 Å². The second kappa shape index (κ2) is 4.42. The van der Waals surface area contributed by atoms with Gasteiger partial charge in [0.1, 0.15) is 12.1 Å². The highest BCUT2D eigenvalue weighted by Gasteiger charge is 2.27. The molecular weight excluding hydrogens is 265 g/mol. The Bertz CT molecular complexity index is 874. The van der Waals surface area contributed by atoms with Crippen molar-refractivity contribution in [2.75, 3.05) is 0 Å². The highest BCUT2D eigenvalue weighted by atomic mass is 19.1. The zero-order valence-corrected chi connectivity index (χ0v) is 11.2. The molecule has 0 saturated carbocycles. The van der Waals surface area contributed by atoms with Crippen LogP contribution in [-0.4, -0.2) is 10.9 Å². The van der Waals surface area contributed by atoms with Crippen LogP contribution in [0.2, 0.25) is 0 Å².